The Labute approximate surface area is 148 Å². The molecular weight excluding hydrogens is 343 g/mol. The lowest BCUT2D eigenvalue weighted by Gasteiger charge is -2.14. The van der Waals surface area contributed by atoms with E-state index in [0.29, 0.717) is 22.8 Å². The minimum absolute atomic E-state index is 0.124. The molecule has 0 saturated carbocycles. The zero-order valence-electron chi connectivity index (χ0n) is 14.2. The zero-order valence-corrected chi connectivity index (χ0v) is 14.2. The molecule has 134 valence electrons. The van der Waals surface area contributed by atoms with E-state index in [1.807, 2.05) is 19.9 Å². The number of aromatic nitrogens is 3. The van der Waals surface area contributed by atoms with Gasteiger partial charge in [0.2, 0.25) is 0 Å². The second-order valence-corrected chi connectivity index (χ2v) is 5.84. The molecule has 0 aliphatic carbocycles. The molecule has 0 saturated heterocycles. The number of hydrogen-bond donors (Lipinski definition) is 0. The van der Waals surface area contributed by atoms with Gasteiger partial charge in [-0.2, -0.15) is 13.2 Å². The Morgan fingerprint density at radius 1 is 0.962 bits per heavy atom. The monoisotopic (exact) mass is 359 g/mol. The lowest BCUT2D eigenvalue weighted by molar-refractivity contribution is -0.153. The largest absolute Gasteiger partial charge is 0.483 e. The van der Waals surface area contributed by atoms with Crippen molar-refractivity contribution in [1.82, 2.24) is 15.0 Å². The van der Waals surface area contributed by atoms with Gasteiger partial charge in [-0.3, -0.25) is 0 Å². The molecule has 3 aromatic rings. The SMILES string of the molecule is Cc1cc(-c2nccc(C)n2)nc(-c2ccccc2OCC(F)(F)F)c1. The third kappa shape index (κ3) is 4.36. The number of nitrogens with zero attached hydrogens (tertiary/aromatic N) is 3. The quantitative estimate of drug-likeness (QED) is 0.674. The highest BCUT2D eigenvalue weighted by Crippen LogP contribution is 2.31. The van der Waals surface area contributed by atoms with Crippen LogP contribution in [0.3, 0.4) is 0 Å². The summed E-state index contributed by atoms with van der Waals surface area (Å²) in [6, 6.07) is 11.9. The molecule has 2 aromatic heterocycles. The molecule has 26 heavy (non-hydrogen) atoms. The number of hydrogen-bond acceptors (Lipinski definition) is 4. The van der Waals surface area contributed by atoms with Gasteiger partial charge in [-0.15, -0.1) is 0 Å². The van der Waals surface area contributed by atoms with Gasteiger partial charge < -0.3 is 4.74 Å². The Kier molecular flexibility index (Phi) is 4.88. The highest BCUT2D eigenvalue weighted by atomic mass is 19.4. The van der Waals surface area contributed by atoms with Crippen LogP contribution in [0.5, 0.6) is 5.75 Å². The van der Waals surface area contributed by atoms with Crippen LogP contribution in [0.15, 0.2) is 48.7 Å². The highest BCUT2D eigenvalue weighted by molar-refractivity contribution is 5.70. The van der Waals surface area contributed by atoms with Crippen LogP contribution in [0.1, 0.15) is 11.3 Å². The summed E-state index contributed by atoms with van der Waals surface area (Å²) in [5.41, 5.74) is 3.22. The molecule has 0 unspecified atom stereocenters. The van der Waals surface area contributed by atoms with Gasteiger partial charge >= 0.3 is 6.18 Å². The predicted octanol–water partition coefficient (Wildman–Crippen LogP) is 4.76. The maximum Gasteiger partial charge on any atom is 0.422 e. The molecule has 4 nitrogen and oxygen atoms in total. The van der Waals surface area contributed by atoms with Crippen LogP contribution < -0.4 is 4.74 Å². The highest BCUT2D eigenvalue weighted by Gasteiger charge is 2.29. The fourth-order valence-corrected chi connectivity index (χ4v) is 2.46. The van der Waals surface area contributed by atoms with Gasteiger partial charge in [0.1, 0.15) is 11.4 Å². The summed E-state index contributed by atoms with van der Waals surface area (Å²) >= 11 is 0. The lowest BCUT2D eigenvalue weighted by atomic mass is 10.1. The molecule has 0 fully saturated rings. The first-order valence-corrected chi connectivity index (χ1v) is 7.89. The molecule has 7 heteroatoms. The van der Waals surface area contributed by atoms with E-state index < -0.39 is 12.8 Å². The molecule has 0 amide bonds. The van der Waals surface area contributed by atoms with Crippen LogP contribution in [-0.4, -0.2) is 27.7 Å². The van der Waals surface area contributed by atoms with Crippen LogP contribution >= 0.6 is 0 Å². The average molecular weight is 359 g/mol. The topological polar surface area (TPSA) is 47.9 Å². The average Bonchev–Trinajstić information content (AvgIpc) is 2.59. The van der Waals surface area contributed by atoms with E-state index in [1.165, 1.54) is 6.07 Å². The van der Waals surface area contributed by atoms with Crippen molar-refractivity contribution < 1.29 is 17.9 Å². The number of alkyl halides is 3. The maximum absolute atomic E-state index is 12.5. The van der Waals surface area contributed by atoms with E-state index in [4.69, 9.17) is 4.74 Å². The minimum Gasteiger partial charge on any atom is -0.483 e. The van der Waals surface area contributed by atoms with Gasteiger partial charge in [0.15, 0.2) is 12.4 Å². The Morgan fingerprint density at radius 3 is 2.42 bits per heavy atom. The summed E-state index contributed by atoms with van der Waals surface area (Å²) in [4.78, 5) is 13.1. The minimum atomic E-state index is -4.41. The van der Waals surface area contributed by atoms with Gasteiger partial charge in [-0.05, 0) is 49.7 Å². The molecule has 0 aliphatic rings. The standard InChI is InChI=1S/C19H16F3N3O/c1-12-9-15(25-16(10-12)18-23-8-7-13(2)24-18)14-5-3-4-6-17(14)26-11-19(20,21)22/h3-10H,11H2,1-2H3. The fraction of sp³-hybridized carbons (Fsp3) is 0.211. The molecule has 3 rings (SSSR count). The molecular formula is C19H16F3N3O. The number of pyridine rings is 1. The van der Waals surface area contributed by atoms with Crippen molar-refractivity contribution in [2.45, 2.75) is 20.0 Å². The van der Waals surface area contributed by atoms with Crippen molar-refractivity contribution >= 4 is 0 Å². The van der Waals surface area contributed by atoms with E-state index in [1.54, 1.807) is 36.5 Å². The normalized spacial score (nSPS) is 11.4. The van der Waals surface area contributed by atoms with Crippen molar-refractivity contribution in [2.75, 3.05) is 6.61 Å². The predicted molar refractivity (Wildman–Crippen MR) is 91.7 cm³/mol. The first-order chi connectivity index (χ1) is 12.3. The van der Waals surface area contributed by atoms with Crippen LogP contribution in [0.25, 0.3) is 22.8 Å². The molecule has 0 N–H and O–H groups in total. The Morgan fingerprint density at radius 2 is 1.69 bits per heavy atom. The smallest absolute Gasteiger partial charge is 0.422 e. The van der Waals surface area contributed by atoms with E-state index in [0.717, 1.165) is 11.3 Å². The van der Waals surface area contributed by atoms with Crippen molar-refractivity contribution in [3.63, 3.8) is 0 Å². The lowest BCUT2D eigenvalue weighted by Crippen LogP contribution is -2.19. The van der Waals surface area contributed by atoms with E-state index in [9.17, 15) is 13.2 Å². The number of ether oxygens (including phenoxy) is 1. The zero-order chi connectivity index (χ0) is 18.7. The summed E-state index contributed by atoms with van der Waals surface area (Å²) in [6.07, 6.45) is -2.77. The Balaban J connectivity index is 2.03. The number of aryl methyl sites for hydroxylation is 2. The van der Waals surface area contributed by atoms with Crippen molar-refractivity contribution in [3.8, 4) is 28.5 Å². The Bertz CT molecular complexity index is 926. The number of benzene rings is 1. The third-order valence-corrected chi connectivity index (χ3v) is 3.55. The van der Waals surface area contributed by atoms with Gasteiger partial charge in [0.25, 0.3) is 0 Å². The first-order valence-electron chi connectivity index (χ1n) is 7.89. The molecule has 0 spiro atoms. The summed E-state index contributed by atoms with van der Waals surface area (Å²) in [7, 11) is 0. The summed E-state index contributed by atoms with van der Waals surface area (Å²) in [5, 5.41) is 0. The van der Waals surface area contributed by atoms with Crippen molar-refractivity contribution in [1.29, 1.82) is 0 Å². The molecule has 0 atom stereocenters. The fourth-order valence-electron chi connectivity index (χ4n) is 2.46. The molecule has 0 aliphatic heterocycles. The van der Waals surface area contributed by atoms with Crippen LogP contribution in [0, 0.1) is 13.8 Å². The molecule has 0 bridgehead atoms. The van der Waals surface area contributed by atoms with Gasteiger partial charge in [-0.1, -0.05) is 12.1 Å². The summed E-state index contributed by atoms with van der Waals surface area (Å²) < 4.78 is 42.5. The van der Waals surface area contributed by atoms with Crippen LogP contribution in [0.2, 0.25) is 0 Å². The number of rotatable bonds is 4. The van der Waals surface area contributed by atoms with Crippen LogP contribution in [0.4, 0.5) is 13.2 Å². The van der Waals surface area contributed by atoms with E-state index >= 15 is 0 Å². The van der Waals surface area contributed by atoms with Crippen molar-refractivity contribution in [3.05, 3.63) is 59.9 Å². The molecule has 1 aromatic carbocycles. The van der Waals surface area contributed by atoms with Crippen LogP contribution in [-0.2, 0) is 0 Å². The van der Waals surface area contributed by atoms with E-state index in [-0.39, 0.29) is 5.75 Å². The van der Waals surface area contributed by atoms with E-state index in [2.05, 4.69) is 15.0 Å². The summed E-state index contributed by atoms with van der Waals surface area (Å²) in [5.74, 6) is 0.586. The van der Waals surface area contributed by atoms with Gasteiger partial charge in [0.05, 0.1) is 5.69 Å². The van der Waals surface area contributed by atoms with Crippen molar-refractivity contribution in [2.24, 2.45) is 0 Å². The second kappa shape index (κ2) is 7.11. The number of halogens is 3. The third-order valence-electron chi connectivity index (χ3n) is 3.55. The summed E-state index contributed by atoms with van der Waals surface area (Å²) in [6.45, 7) is 2.37. The molecule has 2 heterocycles. The molecule has 0 radical (unpaired) electrons. The second-order valence-electron chi connectivity index (χ2n) is 5.84. The Hall–Kier alpha value is -2.96. The maximum atomic E-state index is 12.5. The number of para-hydroxylation sites is 1. The van der Waals surface area contributed by atoms with Gasteiger partial charge in [-0.25, -0.2) is 15.0 Å². The van der Waals surface area contributed by atoms with Gasteiger partial charge in [0, 0.05) is 17.5 Å². The first kappa shape index (κ1) is 17.8.